The number of nitrogens with zero attached hydrogens (tertiary/aromatic N) is 6. The Balaban J connectivity index is 0.00000272. The van der Waals surface area contributed by atoms with Crippen LogP contribution in [0, 0.1) is 6.92 Å². The van der Waals surface area contributed by atoms with Crippen LogP contribution in [0.25, 0.3) is 5.95 Å². The van der Waals surface area contributed by atoms with Gasteiger partial charge in [-0.3, -0.25) is 9.69 Å². The third kappa shape index (κ3) is 5.54. The van der Waals surface area contributed by atoms with Crippen LogP contribution in [0.5, 0.6) is 0 Å². The lowest BCUT2D eigenvalue weighted by Gasteiger charge is -2.36. The number of carbonyl (C=O) groups is 1. The minimum atomic E-state index is 0. The van der Waals surface area contributed by atoms with E-state index in [9.17, 15) is 4.79 Å². The molecule has 1 fully saturated rings. The van der Waals surface area contributed by atoms with Crippen LogP contribution in [0.4, 0.5) is 5.69 Å². The minimum Gasteiger partial charge on any atom is -0.369 e. The molecule has 10 heteroatoms. The first-order valence-corrected chi connectivity index (χ1v) is 10.6. The molecule has 0 amide bonds. The molecule has 0 unspecified atom stereocenters. The van der Waals surface area contributed by atoms with Gasteiger partial charge in [-0.05, 0) is 31.2 Å². The number of aromatic nitrogens is 4. The molecular formula is C21H23Cl3N6O. The summed E-state index contributed by atoms with van der Waals surface area (Å²) >= 11 is 12.2. The lowest BCUT2D eigenvalue weighted by molar-refractivity contribution is 0.0962. The smallest absolute Gasteiger partial charge is 0.250 e. The molecule has 1 aliphatic heterocycles. The second-order valence-corrected chi connectivity index (χ2v) is 8.11. The highest BCUT2D eigenvalue weighted by Crippen LogP contribution is 2.26. The normalized spacial score (nSPS) is 14.4. The van der Waals surface area contributed by atoms with Gasteiger partial charge in [0.2, 0.25) is 0 Å². The Bertz CT molecular complexity index is 1010. The van der Waals surface area contributed by atoms with Crippen LogP contribution in [-0.4, -0.2) is 63.2 Å². The summed E-state index contributed by atoms with van der Waals surface area (Å²) in [7, 11) is 0. The Morgan fingerprint density at radius 2 is 1.68 bits per heavy atom. The summed E-state index contributed by atoms with van der Waals surface area (Å²) in [4.78, 5) is 25.7. The molecule has 0 aliphatic carbocycles. The van der Waals surface area contributed by atoms with Crippen molar-refractivity contribution in [3.63, 3.8) is 0 Å². The van der Waals surface area contributed by atoms with E-state index in [0.29, 0.717) is 28.0 Å². The average Bonchev–Trinajstić information content (AvgIpc) is 3.14. The van der Waals surface area contributed by atoms with Crippen molar-refractivity contribution in [2.45, 2.75) is 13.3 Å². The average molecular weight is 482 g/mol. The lowest BCUT2D eigenvalue weighted by Crippen LogP contribution is -2.46. The van der Waals surface area contributed by atoms with E-state index in [2.05, 4.69) is 24.9 Å². The zero-order valence-corrected chi connectivity index (χ0v) is 19.4. The molecule has 31 heavy (non-hydrogen) atoms. The van der Waals surface area contributed by atoms with E-state index in [1.807, 2.05) is 19.1 Å². The molecule has 3 heterocycles. The van der Waals surface area contributed by atoms with Crippen LogP contribution < -0.4 is 4.90 Å². The molecule has 1 saturated heterocycles. The van der Waals surface area contributed by atoms with Gasteiger partial charge < -0.3 is 4.90 Å². The number of hydrogen-bond donors (Lipinski definition) is 0. The Kier molecular flexibility index (Phi) is 7.89. The number of ketones is 1. The van der Waals surface area contributed by atoms with Gasteiger partial charge in [0.15, 0.2) is 5.78 Å². The van der Waals surface area contributed by atoms with Gasteiger partial charge in [0.05, 0.1) is 17.5 Å². The van der Waals surface area contributed by atoms with E-state index in [1.165, 1.54) is 0 Å². The van der Waals surface area contributed by atoms with E-state index in [-0.39, 0.29) is 18.2 Å². The SMILES string of the molecule is Cc1c(C(=O)CCN2CCN(c3cc(Cl)cc(Cl)c3)CC2)cnn1-c1ncccn1.Cl. The van der Waals surface area contributed by atoms with Gasteiger partial charge in [-0.1, -0.05) is 23.2 Å². The number of carbonyl (C=O) groups excluding carboxylic acids is 1. The fourth-order valence-electron chi connectivity index (χ4n) is 3.63. The Hall–Kier alpha value is -2.19. The highest BCUT2D eigenvalue weighted by atomic mass is 35.5. The zero-order chi connectivity index (χ0) is 21.1. The van der Waals surface area contributed by atoms with Gasteiger partial charge in [-0.25, -0.2) is 14.6 Å². The molecule has 0 N–H and O–H groups in total. The van der Waals surface area contributed by atoms with Crippen LogP contribution in [0.2, 0.25) is 10.0 Å². The number of rotatable bonds is 6. The van der Waals surface area contributed by atoms with E-state index in [1.54, 1.807) is 35.4 Å². The van der Waals surface area contributed by atoms with E-state index >= 15 is 0 Å². The monoisotopic (exact) mass is 480 g/mol. The standard InChI is InChI=1S/C21H22Cl2N6O.ClH/c1-15-19(14-26-29(15)21-24-4-2-5-25-21)20(30)3-6-27-7-9-28(10-8-27)18-12-16(22)11-17(23)13-18;/h2,4-5,11-14H,3,6-10H2,1H3;1H. The van der Waals surface area contributed by atoms with Crippen molar-refractivity contribution in [1.29, 1.82) is 0 Å². The fraction of sp³-hybridized carbons (Fsp3) is 0.333. The highest BCUT2D eigenvalue weighted by Gasteiger charge is 2.21. The van der Waals surface area contributed by atoms with Crippen LogP contribution in [0.15, 0.2) is 42.9 Å². The summed E-state index contributed by atoms with van der Waals surface area (Å²) < 4.78 is 1.60. The van der Waals surface area contributed by atoms with Crippen molar-refractivity contribution in [2.75, 3.05) is 37.6 Å². The molecule has 164 valence electrons. The Morgan fingerprint density at radius 1 is 1.03 bits per heavy atom. The number of hydrogen-bond acceptors (Lipinski definition) is 6. The first-order valence-electron chi connectivity index (χ1n) is 9.80. The lowest BCUT2D eigenvalue weighted by atomic mass is 10.1. The summed E-state index contributed by atoms with van der Waals surface area (Å²) in [6.07, 6.45) is 5.36. The summed E-state index contributed by atoms with van der Waals surface area (Å²) in [6, 6.07) is 7.35. The Morgan fingerprint density at radius 3 is 2.32 bits per heavy atom. The van der Waals surface area contributed by atoms with Crippen LogP contribution in [0.3, 0.4) is 0 Å². The fourth-order valence-corrected chi connectivity index (χ4v) is 4.15. The highest BCUT2D eigenvalue weighted by molar-refractivity contribution is 6.35. The second-order valence-electron chi connectivity index (χ2n) is 7.23. The maximum Gasteiger partial charge on any atom is 0.250 e. The molecule has 2 aromatic heterocycles. The molecular weight excluding hydrogens is 459 g/mol. The molecule has 0 bridgehead atoms. The van der Waals surface area contributed by atoms with E-state index < -0.39 is 0 Å². The van der Waals surface area contributed by atoms with Gasteiger partial charge in [0, 0.05) is 67.3 Å². The molecule has 0 radical (unpaired) electrons. The van der Waals surface area contributed by atoms with Crippen molar-refractivity contribution in [3.8, 4) is 5.95 Å². The third-order valence-electron chi connectivity index (χ3n) is 5.29. The van der Waals surface area contributed by atoms with Crippen molar-refractivity contribution >= 4 is 47.1 Å². The third-order valence-corrected chi connectivity index (χ3v) is 5.73. The molecule has 3 aromatic rings. The zero-order valence-electron chi connectivity index (χ0n) is 17.0. The predicted octanol–water partition coefficient (Wildman–Crippen LogP) is 4.09. The number of piperazine rings is 1. The minimum absolute atomic E-state index is 0. The van der Waals surface area contributed by atoms with Gasteiger partial charge in [0.1, 0.15) is 0 Å². The van der Waals surface area contributed by atoms with E-state index in [0.717, 1.165) is 44.1 Å². The molecule has 7 nitrogen and oxygen atoms in total. The molecule has 0 spiro atoms. The predicted molar refractivity (Wildman–Crippen MR) is 125 cm³/mol. The summed E-state index contributed by atoms with van der Waals surface area (Å²) in [5.74, 6) is 0.546. The van der Waals surface area contributed by atoms with Crippen molar-refractivity contribution in [2.24, 2.45) is 0 Å². The van der Waals surface area contributed by atoms with Gasteiger partial charge in [-0.15, -0.1) is 12.4 Å². The van der Waals surface area contributed by atoms with E-state index in [4.69, 9.17) is 23.2 Å². The van der Waals surface area contributed by atoms with Gasteiger partial charge >= 0.3 is 0 Å². The molecule has 4 rings (SSSR count). The van der Waals surface area contributed by atoms with Gasteiger partial charge in [0.25, 0.3) is 5.95 Å². The van der Waals surface area contributed by atoms with Crippen LogP contribution in [-0.2, 0) is 0 Å². The maximum atomic E-state index is 12.8. The van der Waals surface area contributed by atoms with Crippen LogP contribution in [0.1, 0.15) is 22.5 Å². The molecule has 0 saturated carbocycles. The molecule has 1 aliphatic rings. The Labute approximate surface area is 197 Å². The first kappa shape index (κ1) is 23.5. The number of anilines is 1. The van der Waals surface area contributed by atoms with Crippen molar-refractivity contribution < 1.29 is 4.79 Å². The van der Waals surface area contributed by atoms with Crippen molar-refractivity contribution in [1.82, 2.24) is 24.6 Å². The number of benzene rings is 1. The number of halogens is 3. The molecule has 1 aromatic carbocycles. The van der Waals surface area contributed by atoms with Crippen LogP contribution >= 0.6 is 35.6 Å². The topological polar surface area (TPSA) is 67.2 Å². The van der Waals surface area contributed by atoms with Crippen molar-refractivity contribution in [3.05, 3.63) is 64.2 Å². The molecule has 0 atom stereocenters. The van der Waals surface area contributed by atoms with Gasteiger partial charge in [-0.2, -0.15) is 5.10 Å². The quantitative estimate of drug-likeness (QED) is 0.494. The summed E-state index contributed by atoms with van der Waals surface area (Å²) in [5.41, 5.74) is 2.41. The maximum absolute atomic E-state index is 12.8. The summed E-state index contributed by atoms with van der Waals surface area (Å²) in [6.45, 7) is 6.09. The second kappa shape index (κ2) is 10.4. The number of Topliss-reactive ketones (excluding diaryl/α,β-unsaturated/α-hetero) is 1. The summed E-state index contributed by atoms with van der Waals surface area (Å²) in [5, 5.41) is 5.57. The largest absolute Gasteiger partial charge is 0.369 e. The first-order chi connectivity index (χ1) is 14.5.